The molecule has 0 saturated carbocycles. The average molecular weight is 423 g/mol. The van der Waals surface area contributed by atoms with E-state index in [4.69, 9.17) is 0 Å². The van der Waals surface area contributed by atoms with Gasteiger partial charge in [-0.25, -0.2) is 14.6 Å². The molecule has 1 saturated heterocycles. The Morgan fingerprint density at radius 2 is 1.35 bits per heavy atom. The number of nitrogens with zero attached hydrogens (tertiary/aromatic N) is 5. The van der Waals surface area contributed by atoms with Gasteiger partial charge in [0.15, 0.2) is 0 Å². The van der Waals surface area contributed by atoms with Gasteiger partial charge in [0, 0.05) is 39.3 Å². The van der Waals surface area contributed by atoms with Crippen molar-refractivity contribution in [2.24, 2.45) is 19.1 Å². The molecule has 2 aliphatic rings. The standard InChI is InChI=1S/C20H17N5O6/c1-22-15(26)11(16(27)23(2)19(22)30)13-9-7-5-6-8-10(9)14(21-13)12-17(28)24(3)20(31)25(4)18(12)29/h5-8,26H,1-4H3. The number of hydrogen-bond donors (Lipinski definition) is 1. The minimum atomic E-state index is -0.833. The van der Waals surface area contributed by atoms with Crippen LogP contribution in [0.15, 0.2) is 44.4 Å². The highest BCUT2D eigenvalue weighted by atomic mass is 16.3. The molecule has 2 aliphatic heterocycles. The molecule has 4 rings (SSSR count). The van der Waals surface area contributed by atoms with Crippen LogP contribution in [-0.2, 0) is 23.7 Å². The fourth-order valence-corrected chi connectivity index (χ4v) is 3.58. The summed E-state index contributed by atoms with van der Waals surface area (Å²) in [6.45, 7) is 0. The van der Waals surface area contributed by atoms with E-state index >= 15 is 0 Å². The Hall–Kier alpha value is -4.28. The van der Waals surface area contributed by atoms with Gasteiger partial charge in [0.2, 0.25) is 5.88 Å². The van der Waals surface area contributed by atoms with E-state index in [2.05, 4.69) is 4.99 Å². The largest absolute Gasteiger partial charge is 0.494 e. The number of likely N-dealkylation sites (N-methyl/N-ethyl adjacent to an activating group) is 2. The molecule has 11 heteroatoms. The van der Waals surface area contributed by atoms with E-state index in [9.17, 15) is 29.1 Å². The number of benzene rings is 1. The molecule has 1 aromatic heterocycles. The quantitative estimate of drug-likeness (QED) is 0.481. The molecule has 0 atom stereocenters. The van der Waals surface area contributed by atoms with Crippen LogP contribution in [0.1, 0.15) is 16.7 Å². The molecular formula is C20H17N5O6. The molecule has 158 valence electrons. The third-order valence-corrected chi connectivity index (χ3v) is 5.38. The van der Waals surface area contributed by atoms with Gasteiger partial charge in [-0.15, -0.1) is 0 Å². The summed E-state index contributed by atoms with van der Waals surface area (Å²) in [5.41, 5.74) is -1.35. The van der Waals surface area contributed by atoms with E-state index in [1.807, 2.05) is 0 Å². The zero-order valence-electron chi connectivity index (χ0n) is 17.0. The van der Waals surface area contributed by atoms with E-state index in [0.717, 1.165) is 18.9 Å². The van der Waals surface area contributed by atoms with Crippen LogP contribution in [0.2, 0.25) is 0 Å². The Morgan fingerprint density at radius 3 is 1.94 bits per heavy atom. The molecule has 0 aliphatic carbocycles. The Labute approximate surface area is 174 Å². The summed E-state index contributed by atoms with van der Waals surface area (Å²) >= 11 is 0. The van der Waals surface area contributed by atoms with Crippen molar-refractivity contribution in [3.63, 3.8) is 0 Å². The summed E-state index contributed by atoms with van der Waals surface area (Å²) < 4.78 is 1.71. The Balaban J connectivity index is 2.09. The van der Waals surface area contributed by atoms with Crippen LogP contribution in [0.4, 0.5) is 4.79 Å². The predicted molar refractivity (Wildman–Crippen MR) is 109 cm³/mol. The molecule has 3 heterocycles. The van der Waals surface area contributed by atoms with E-state index < -0.39 is 35.0 Å². The van der Waals surface area contributed by atoms with Crippen LogP contribution in [-0.4, -0.2) is 61.7 Å². The number of aliphatic imine (C=N–C) groups is 1. The third kappa shape index (κ3) is 2.59. The van der Waals surface area contributed by atoms with Crippen molar-refractivity contribution in [3.05, 3.63) is 67.4 Å². The number of aromatic hydroxyl groups is 1. The van der Waals surface area contributed by atoms with Gasteiger partial charge in [-0.1, -0.05) is 24.3 Å². The number of fused-ring (bicyclic) bond motifs is 1. The maximum Gasteiger partial charge on any atom is 0.333 e. The van der Waals surface area contributed by atoms with Crippen LogP contribution >= 0.6 is 0 Å². The average Bonchev–Trinajstić information content (AvgIpc) is 3.13. The molecule has 31 heavy (non-hydrogen) atoms. The maximum atomic E-state index is 12.8. The first-order valence-electron chi connectivity index (χ1n) is 9.10. The minimum absolute atomic E-state index is 0.00889. The summed E-state index contributed by atoms with van der Waals surface area (Å²) in [4.78, 5) is 68.5. The fraction of sp³-hybridized carbons (Fsp3) is 0.200. The van der Waals surface area contributed by atoms with Crippen molar-refractivity contribution < 1.29 is 19.5 Å². The number of barbiturate groups is 1. The molecule has 0 radical (unpaired) electrons. The first kappa shape index (κ1) is 20.0. The lowest BCUT2D eigenvalue weighted by molar-refractivity contribution is -0.134. The number of carbonyl (C=O) groups is 3. The molecule has 0 bridgehead atoms. The lowest BCUT2D eigenvalue weighted by atomic mass is 9.98. The van der Waals surface area contributed by atoms with Gasteiger partial charge in [-0.05, 0) is 0 Å². The summed E-state index contributed by atoms with van der Waals surface area (Å²) in [7, 11) is 5.05. The van der Waals surface area contributed by atoms with E-state index in [0.29, 0.717) is 11.1 Å². The number of aromatic nitrogens is 2. The molecule has 1 fully saturated rings. The van der Waals surface area contributed by atoms with Gasteiger partial charge in [-0.3, -0.25) is 33.3 Å². The van der Waals surface area contributed by atoms with Crippen molar-refractivity contribution >= 4 is 29.3 Å². The van der Waals surface area contributed by atoms with Gasteiger partial charge in [0.1, 0.15) is 11.1 Å². The maximum absolute atomic E-state index is 12.8. The highest BCUT2D eigenvalue weighted by Crippen LogP contribution is 2.36. The van der Waals surface area contributed by atoms with E-state index in [1.165, 1.54) is 28.2 Å². The number of hydrogen-bond acceptors (Lipinski definition) is 7. The highest BCUT2D eigenvalue weighted by Gasteiger charge is 2.42. The van der Waals surface area contributed by atoms with Crippen molar-refractivity contribution in [2.45, 2.75) is 0 Å². The number of urea groups is 1. The number of rotatable bonds is 1. The molecule has 1 N–H and O–H groups in total. The van der Waals surface area contributed by atoms with Crippen molar-refractivity contribution in [2.75, 3.05) is 14.1 Å². The van der Waals surface area contributed by atoms with Crippen LogP contribution in [0.5, 0.6) is 5.88 Å². The van der Waals surface area contributed by atoms with Crippen LogP contribution in [0.3, 0.4) is 0 Å². The van der Waals surface area contributed by atoms with Gasteiger partial charge in [0.25, 0.3) is 17.4 Å². The first-order chi connectivity index (χ1) is 14.6. The lowest BCUT2D eigenvalue weighted by Gasteiger charge is -2.29. The first-order valence-corrected chi connectivity index (χ1v) is 9.10. The fourth-order valence-electron chi connectivity index (χ4n) is 3.58. The third-order valence-electron chi connectivity index (χ3n) is 5.38. The second kappa shape index (κ2) is 6.62. The van der Waals surface area contributed by atoms with E-state index in [1.54, 1.807) is 24.3 Å². The van der Waals surface area contributed by atoms with E-state index in [-0.39, 0.29) is 22.5 Å². The normalized spacial score (nSPS) is 16.3. The van der Waals surface area contributed by atoms with Crippen molar-refractivity contribution in [1.82, 2.24) is 18.9 Å². The van der Waals surface area contributed by atoms with Gasteiger partial charge >= 0.3 is 11.7 Å². The summed E-state index contributed by atoms with van der Waals surface area (Å²) in [6, 6.07) is 5.76. The Morgan fingerprint density at radius 1 is 0.806 bits per heavy atom. The highest BCUT2D eigenvalue weighted by molar-refractivity contribution is 6.34. The SMILES string of the molecule is CN1C(=O)C(=C2N=C(c3c(O)n(C)c(=O)n(C)c3=O)c3ccccc32)C(=O)N(C)C1=O. The molecule has 2 aromatic rings. The molecule has 0 unspecified atom stereocenters. The zero-order chi connectivity index (χ0) is 22.8. The molecule has 11 nitrogen and oxygen atoms in total. The predicted octanol–water partition coefficient (Wildman–Crippen LogP) is -0.598. The zero-order valence-corrected chi connectivity index (χ0v) is 17.0. The minimum Gasteiger partial charge on any atom is -0.494 e. The second-order valence-electron chi connectivity index (χ2n) is 7.14. The lowest BCUT2D eigenvalue weighted by Crippen LogP contribution is -2.53. The van der Waals surface area contributed by atoms with Crippen molar-refractivity contribution in [1.29, 1.82) is 0 Å². The summed E-state index contributed by atoms with van der Waals surface area (Å²) in [5.74, 6) is -2.26. The molecule has 0 spiro atoms. The second-order valence-corrected chi connectivity index (χ2v) is 7.14. The number of carbonyl (C=O) groups excluding carboxylic acids is 3. The topological polar surface area (TPSA) is 134 Å². The van der Waals surface area contributed by atoms with Crippen LogP contribution in [0, 0.1) is 0 Å². The Bertz CT molecular complexity index is 1370. The number of amides is 4. The van der Waals surface area contributed by atoms with Crippen LogP contribution < -0.4 is 11.2 Å². The number of imide groups is 2. The van der Waals surface area contributed by atoms with Gasteiger partial charge in [-0.2, -0.15) is 0 Å². The van der Waals surface area contributed by atoms with Crippen LogP contribution in [0.25, 0.3) is 5.70 Å². The summed E-state index contributed by atoms with van der Waals surface area (Å²) in [6.07, 6.45) is 0. The molecule has 4 amide bonds. The smallest absolute Gasteiger partial charge is 0.333 e. The molecular weight excluding hydrogens is 406 g/mol. The van der Waals surface area contributed by atoms with Crippen molar-refractivity contribution in [3.8, 4) is 5.88 Å². The molecule has 1 aromatic carbocycles. The monoisotopic (exact) mass is 423 g/mol. The van der Waals surface area contributed by atoms with Gasteiger partial charge < -0.3 is 5.11 Å². The Kier molecular flexibility index (Phi) is 4.27. The summed E-state index contributed by atoms with van der Waals surface area (Å²) in [5, 5.41) is 10.5. The van der Waals surface area contributed by atoms with Gasteiger partial charge in [0.05, 0.1) is 11.4 Å².